The first-order valence-electron chi connectivity index (χ1n) is 12.8. The predicted molar refractivity (Wildman–Crippen MR) is 149 cm³/mol. The predicted octanol–water partition coefficient (Wildman–Crippen LogP) is 5.43. The van der Waals surface area contributed by atoms with Gasteiger partial charge in [0.25, 0.3) is 0 Å². The summed E-state index contributed by atoms with van der Waals surface area (Å²) >= 11 is 8.12. The van der Waals surface area contributed by atoms with Gasteiger partial charge in [0, 0.05) is 51.4 Å². The summed E-state index contributed by atoms with van der Waals surface area (Å²) in [5.74, 6) is 0.720. The maximum Gasteiger partial charge on any atom is 0.219 e. The molecular weight excluding hydrogens is 530 g/mol. The van der Waals surface area contributed by atoms with Crippen LogP contribution in [0, 0.1) is 0 Å². The molecule has 1 N–H and O–H groups in total. The number of halogens is 1. The molecule has 6 rings (SSSR count). The molecule has 0 radical (unpaired) electrons. The lowest BCUT2D eigenvalue weighted by Gasteiger charge is -2.46. The van der Waals surface area contributed by atoms with E-state index in [1.165, 1.54) is 11.3 Å². The van der Waals surface area contributed by atoms with E-state index < -0.39 is 14.8 Å². The molecule has 0 amide bonds. The monoisotopic (exact) mass is 561 g/mol. The third-order valence-electron chi connectivity index (χ3n) is 8.14. The molecule has 2 aliphatic heterocycles. The summed E-state index contributed by atoms with van der Waals surface area (Å²) in [4.78, 5) is 7.72. The van der Waals surface area contributed by atoms with E-state index in [1.807, 2.05) is 28.6 Å². The third-order valence-corrected chi connectivity index (χ3v) is 12.2. The summed E-state index contributed by atoms with van der Waals surface area (Å²) in [6.45, 7) is 7.01. The van der Waals surface area contributed by atoms with Crippen LogP contribution in [0.5, 0.6) is 5.75 Å². The van der Waals surface area contributed by atoms with Crippen molar-refractivity contribution in [2.24, 2.45) is 0 Å². The highest BCUT2D eigenvalue weighted by Crippen LogP contribution is 2.53. The van der Waals surface area contributed by atoms with Crippen LogP contribution < -0.4 is 9.64 Å². The van der Waals surface area contributed by atoms with Crippen molar-refractivity contribution >= 4 is 48.9 Å². The van der Waals surface area contributed by atoms with Gasteiger partial charge in [-0.05, 0) is 64.7 Å². The number of fused-ring (bicyclic) bond motifs is 2. The largest absolute Gasteiger partial charge is 0.489 e. The summed E-state index contributed by atoms with van der Waals surface area (Å²) in [5.41, 5.74) is 3.42. The van der Waals surface area contributed by atoms with E-state index in [-0.39, 0.29) is 18.2 Å². The smallest absolute Gasteiger partial charge is 0.219 e. The zero-order valence-electron chi connectivity index (χ0n) is 21.3. The van der Waals surface area contributed by atoms with Crippen LogP contribution in [-0.2, 0) is 16.6 Å². The molecule has 1 saturated carbocycles. The second-order valence-electron chi connectivity index (χ2n) is 11.4. The molecule has 1 saturated heterocycles. The van der Waals surface area contributed by atoms with Crippen molar-refractivity contribution in [1.82, 2.24) is 9.29 Å². The molecule has 1 unspecified atom stereocenters. The first-order chi connectivity index (χ1) is 17.5. The molecule has 1 aromatic carbocycles. The average molecular weight is 562 g/mol. The Morgan fingerprint density at radius 3 is 2.70 bits per heavy atom. The van der Waals surface area contributed by atoms with Crippen LogP contribution in [0.3, 0.4) is 0 Å². The van der Waals surface area contributed by atoms with E-state index in [1.54, 1.807) is 27.0 Å². The van der Waals surface area contributed by atoms with E-state index in [0.717, 1.165) is 63.3 Å². The van der Waals surface area contributed by atoms with Crippen molar-refractivity contribution < 1.29 is 18.3 Å². The number of sulfonamides is 1. The molecule has 37 heavy (non-hydrogen) atoms. The Bertz CT molecular complexity index is 1480. The lowest BCUT2D eigenvalue weighted by atomic mass is 9.75. The summed E-state index contributed by atoms with van der Waals surface area (Å²) in [6.07, 6.45) is 5.47. The molecule has 0 bridgehead atoms. The lowest BCUT2D eigenvalue weighted by molar-refractivity contribution is 0.125. The number of aliphatic hydroxyl groups excluding tert-OH is 1. The first-order valence-corrected chi connectivity index (χ1v) is 15.4. The molecule has 2 aromatic heterocycles. The Labute approximate surface area is 227 Å². The van der Waals surface area contributed by atoms with E-state index in [4.69, 9.17) is 16.3 Å². The van der Waals surface area contributed by atoms with E-state index in [0.29, 0.717) is 24.7 Å². The second kappa shape index (κ2) is 8.81. The van der Waals surface area contributed by atoms with Crippen molar-refractivity contribution in [2.45, 2.75) is 69.4 Å². The molecule has 1 spiro atoms. The number of pyridine rings is 1. The van der Waals surface area contributed by atoms with Gasteiger partial charge in [-0.25, -0.2) is 8.42 Å². The van der Waals surface area contributed by atoms with Gasteiger partial charge in [0.05, 0.1) is 33.8 Å². The topological polar surface area (TPSA) is 83.0 Å². The first kappa shape index (κ1) is 25.4. The number of ether oxygens (including phenoxy) is 1. The summed E-state index contributed by atoms with van der Waals surface area (Å²) < 4.78 is 35.5. The molecule has 3 aliphatic rings. The molecule has 10 heteroatoms. The number of anilines is 1. The minimum Gasteiger partial charge on any atom is -0.489 e. The highest BCUT2D eigenvalue weighted by molar-refractivity contribution is 7.90. The Morgan fingerprint density at radius 2 is 2.03 bits per heavy atom. The third kappa shape index (κ3) is 3.97. The number of hydrogen-bond acceptors (Lipinski definition) is 7. The molecule has 3 aromatic rings. The van der Waals surface area contributed by atoms with Gasteiger partial charge >= 0.3 is 0 Å². The molecule has 7 nitrogen and oxygen atoms in total. The summed E-state index contributed by atoms with van der Waals surface area (Å²) in [5, 5.41) is 10.3. The molecule has 1 aliphatic carbocycles. The van der Waals surface area contributed by atoms with Crippen LogP contribution in [0.1, 0.15) is 51.3 Å². The van der Waals surface area contributed by atoms with Crippen molar-refractivity contribution in [3.8, 4) is 16.9 Å². The Balaban J connectivity index is 1.47. The van der Waals surface area contributed by atoms with Crippen molar-refractivity contribution in [3.05, 3.63) is 40.4 Å². The van der Waals surface area contributed by atoms with Crippen LogP contribution >= 0.6 is 22.9 Å². The Morgan fingerprint density at radius 1 is 1.24 bits per heavy atom. The van der Waals surface area contributed by atoms with Gasteiger partial charge in [-0.2, -0.15) is 4.31 Å². The number of hydrogen-bond donors (Lipinski definition) is 1. The van der Waals surface area contributed by atoms with Gasteiger partial charge in [0.1, 0.15) is 12.4 Å². The van der Waals surface area contributed by atoms with Gasteiger partial charge < -0.3 is 14.7 Å². The number of nitrogens with zero attached hydrogens (tertiary/aromatic N) is 3. The second-order valence-corrected chi connectivity index (χ2v) is 15.6. The molecule has 4 heterocycles. The highest BCUT2D eigenvalue weighted by atomic mass is 35.5. The number of aromatic nitrogens is 1. The normalized spacial score (nSPS) is 21.8. The van der Waals surface area contributed by atoms with Crippen molar-refractivity contribution in [1.29, 1.82) is 0 Å². The molecular formula is C27H32ClN3O4S2. The zero-order chi connectivity index (χ0) is 26.2. The van der Waals surface area contributed by atoms with Gasteiger partial charge in [0.15, 0.2) is 0 Å². The zero-order valence-corrected chi connectivity index (χ0v) is 23.7. The Kier molecular flexibility index (Phi) is 6.04. The van der Waals surface area contributed by atoms with Gasteiger partial charge in [-0.3, -0.25) is 4.98 Å². The molecule has 2 fully saturated rings. The van der Waals surface area contributed by atoms with Gasteiger partial charge in [-0.1, -0.05) is 11.6 Å². The molecule has 1 atom stereocenters. The van der Waals surface area contributed by atoms with Crippen LogP contribution in [0.4, 0.5) is 5.69 Å². The fraction of sp³-hybridized carbons (Fsp3) is 0.519. The van der Waals surface area contributed by atoms with Crippen LogP contribution in [0.2, 0.25) is 5.02 Å². The van der Waals surface area contributed by atoms with E-state index in [9.17, 15) is 13.5 Å². The number of aliphatic hydroxyl groups is 1. The maximum absolute atomic E-state index is 13.7. The van der Waals surface area contributed by atoms with Gasteiger partial charge in [0.2, 0.25) is 10.0 Å². The highest BCUT2D eigenvalue weighted by Gasteiger charge is 2.57. The number of rotatable bonds is 4. The van der Waals surface area contributed by atoms with Crippen molar-refractivity contribution in [3.63, 3.8) is 0 Å². The van der Waals surface area contributed by atoms with Crippen LogP contribution in [0.25, 0.3) is 21.3 Å². The SMILES string of the molecule is CC(C)(C)S(=O)(=O)N1CC(N2CCOc3cc(Cl)cc(-c4ccnc5cc(CO)sc45)c32)CC12CCC2. The fourth-order valence-corrected chi connectivity index (χ4v) is 9.12. The van der Waals surface area contributed by atoms with Crippen molar-refractivity contribution in [2.75, 3.05) is 24.6 Å². The lowest BCUT2D eigenvalue weighted by Crippen LogP contribution is -2.56. The minimum absolute atomic E-state index is 0.0358. The summed E-state index contributed by atoms with van der Waals surface area (Å²) in [6, 6.07) is 7.76. The molecule has 198 valence electrons. The minimum atomic E-state index is -3.47. The standard InChI is InChI=1S/C27H32ClN3O4S2/c1-26(2,3)37(33,34)31-15-18(14-27(31)6-4-7-27)30-9-10-35-23-12-17(28)11-21(24(23)30)20-5-8-29-22-13-19(16-32)36-25(20)22/h5,8,11-13,18,32H,4,6-7,9-10,14-16H2,1-3H3. The van der Waals surface area contributed by atoms with Gasteiger partial charge in [-0.15, -0.1) is 11.3 Å². The average Bonchev–Trinajstić information content (AvgIpc) is 3.44. The Hall–Kier alpha value is -1.91. The van der Waals surface area contributed by atoms with Crippen LogP contribution in [0.15, 0.2) is 30.5 Å². The van der Waals surface area contributed by atoms with E-state index in [2.05, 4.69) is 9.88 Å². The fourth-order valence-electron chi connectivity index (χ4n) is 6.12. The quantitative estimate of drug-likeness (QED) is 0.457. The summed E-state index contributed by atoms with van der Waals surface area (Å²) in [7, 11) is -3.47. The van der Waals surface area contributed by atoms with Crippen LogP contribution in [-0.4, -0.2) is 58.8 Å². The van der Waals surface area contributed by atoms with E-state index >= 15 is 0 Å². The maximum atomic E-state index is 13.7. The number of thiophene rings is 1. The number of benzene rings is 1.